The van der Waals surface area contributed by atoms with Gasteiger partial charge in [-0.25, -0.2) is 65.9 Å². The quantitative estimate of drug-likeness (QED) is 0.0334. The fourth-order valence-corrected chi connectivity index (χ4v) is 23.1. The lowest BCUT2D eigenvalue weighted by Gasteiger charge is -2.43. The minimum Gasteiger partial charge on any atom is -0.492 e. The molecule has 0 amide bonds. The van der Waals surface area contributed by atoms with Crippen LogP contribution in [0, 0.1) is 52.5 Å². The van der Waals surface area contributed by atoms with E-state index in [1.165, 1.54) is 109 Å². The zero-order valence-electron chi connectivity index (χ0n) is 84.0. The summed E-state index contributed by atoms with van der Waals surface area (Å²) in [6.07, 6.45) is 14.0. The highest BCUT2D eigenvalue weighted by Crippen LogP contribution is 2.51. The average Bonchev–Trinajstić information content (AvgIpc) is 1.56. The first-order chi connectivity index (χ1) is 68.8. The fourth-order valence-electron chi connectivity index (χ4n) is 23.1. The van der Waals surface area contributed by atoms with Gasteiger partial charge in [0.1, 0.15) is 102 Å². The lowest BCUT2D eigenvalue weighted by Crippen LogP contribution is -2.48. The van der Waals surface area contributed by atoms with Crippen LogP contribution in [0.2, 0.25) is 0 Å². The van der Waals surface area contributed by atoms with Crippen molar-refractivity contribution in [3.8, 4) is 23.0 Å². The number of ether oxygens (including phenoxy) is 4. The van der Waals surface area contributed by atoms with Crippen molar-refractivity contribution < 1.29 is 84.8 Å². The van der Waals surface area contributed by atoms with Crippen molar-refractivity contribution in [1.82, 2.24) is 59.1 Å². The van der Waals surface area contributed by atoms with Crippen molar-refractivity contribution >= 4 is 43.6 Å². The highest BCUT2D eigenvalue weighted by atomic mass is 19.3. The maximum absolute atomic E-state index is 15.7. The number of rotatable bonds is 29. The van der Waals surface area contributed by atoms with E-state index in [9.17, 15) is 30.7 Å². The number of para-hydroxylation sites is 4. The predicted molar refractivity (Wildman–Crippen MR) is 536 cm³/mol. The Morgan fingerprint density at radius 3 is 0.743 bits per heavy atom. The molecule has 0 spiro atoms. The van der Waals surface area contributed by atoms with Gasteiger partial charge in [0.15, 0.2) is 0 Å². The number of benzene rings is 8. The first-order valence-electron chi connectivity index (χ1n) is 51.4. The third-order valence-corrected chi connectivity index (χ3v) is 30.0. The summed E-state index contributed by atoms with van der Waals surface area (Å²) in [5.74, 6) is -14.0. The molecule has 20 rings (SSSR count). The van der Waals surface area contributed by atoms with Crippen molar-refractivity contribution in [2.75, 3.05) is 131 Å². The minimum atomic E-state index is -3.03. The van der Waals surface area contributed by atoms with Gasteiger partial charge < -0.3 is 38.9 Å². The van der Waals surface area contributed by atoms with Gasteiger partial charge in [-0.3, -0.25) is 39.2 Å². The molecule has 0 bridgehead atoms. The number of nitrogens with one attached hydrogen (secondary N) is 4. The molecule has 8 aliphatic rings. The van der Waals surface area contributed by atoms with E-state index in [0.717, 1.165) is 183 Å². The molecule has 12 heterocycles. The molecule has 4 N–H and O–H groups in total. The lowest BCUT2D eigenvalue weighted by molar-refractivity contribution is -0.0378. The van der Waals surface area contributed by atoms with Crippen molar-refractivity contribution in [3.05, 3.63) is 259 Å². The van der Waals surface area contributed by atoms with Crippen LogP contribution in [-0.4, -0.2) is 238 Å². The van der Waals surface area contributed by atoms with E-state index in [1.807, 2.05) is 130 Å². The fraction of sp³-hybridized carbons (Fsp3) is 0.504. The molecule has 4 fully saturated rings. The van der Waals surface area contributed by atoms with Gasteiger partial charge in [-0.2, -0.15) is 0 Å². The Bertz CT molecular complexity index is 6300. The number of hydrogen-bond acceptors (Lipinski definition) is 12. The molecule has 776 valence electrons. The first-order valence-corrected chi connectivity index (χ1v) is 51.4. The smallest absolute Gasteiger partial charge is 0.257 e. The highest BCUT2D eigenvalue weighted by molar-refractivity contribution is 5.88. The molecule has 16 nitrogen and oxygen atoms in total. The molecule has 0 aliphatic carbocycles. The molecule has 0 radical (unpaired) electrons. The van der Waals surface area contributed by atoms with Crippen LogP contribution in [0.4, 0.5) is 65.9 Å². The van der Waals surface area contributed by atoms with E-state index >= 15 is 35.1 Å². The Balaban J connectivity index is 0.000000132. The summed E-state index contributed by atoms with van der Waals surface area (Å²) in [5.41, 5.74) is 7.29. The van der Waals surface area contributed by atoms with Gasteiger partial charge in [0, 0.05) is 228 Å². The van der Waals surface area contributed by atoms with Crippen molar-refractivity contribution in [2.24, 2.45) is 5.92 Å². The number of alkyl halides is 7. The van der Waals surface area contributed by atoms with Crippen LogP contribution in [0.15, 0.2) is 146 Å². The third kappa shape index (κ3) is 24.4. The Kier molecular flexibility index (Phi) is 32.7. The summed E-state index contributed by atoms with van der Waals surface area (Å²) in [7, 11) is 0. The Hall–Kier alpha value is -10.3. The molecule has 12 aromatic rings. The highest BCUT2D eigenvalue weighted by Gasteiger charge is 2.48. The molecule has 8 aliphatic heterocycles. The summed E-state index contributed by atoms with van der Waals surface area (Å²) in [4.78, 5) is 28.8. The summed E-state index contributed by atoms with van der Waals surface area (Å²) < 4.78 is 248. The van der Waals surface area contributed by atoms with E-state index in [-0.39, 0.29) is 76.0 Å². The molecule has 144 heavy (non-hydrogen) atoms. The Morgan fingerprint density at radius 2 is 0.514 bits per heavy atom. The second-order valence-corrected chi connectivity index (χ2v) is 42.0. The molecular formula is C113H135F15N12O4. The SMILES string of the molecule is CCC1CN(CCOc2cc(F)c([C@@H]3c4[nH]c5ccccc5c4C[C@@H](C)N3CC(C)(F)F)c(F)c2)C1.C[C@@H]1Cc2c([nH]c3ccccc23)[C@@H](c2c(F)cc(OCCN3CCCC3)cc2F)N1CC(C)(C)F.C[C@@H]1Cc2c([nH]c3ccccc23)[C@@H](c2c(F)cc(OCCN3CCCCC3)cc2F)N1CC(C)(F)F.C[C@@H]1Cc2c([nH]c3ccccc23)[C@@H](c2c(F)cc(OCCN3CCCCCC3)cc2F)N1CC(C)(F)F. The molecule has 0 saturated carbocycles. The van der Waals surface area contributed by atoms with Gasteiger partial charge >= 0.3 is 0 Å². The van der Waals surface area contributed by atoms with E-state index in [2.05, 4.69) is 46.5 Å². The molecule has 31 heteroatoms. The van der Waals surface area contributed by atoms with Gasteiger partial charge in [0.05, 0.1) is 43.8 Å². The van der Waals surface area contributed by atoms with Crippen molar-refractivity contribution in [2.45, 2.75) is 231 Å². The van der Waals surface area contributed by atoms with Gasteiger partial charge in [0.2, 0.25) is 0 Å². The monoisotopic (exact) mass is 2010 g/mol. The first kappa shape index (κ1) is 105. The summed E-state index contributed by atoms with van der Waals surface area (Å²) in [6.45, 7) is 25.8. The second-order valence-electron chi connectivity index (χ2n) is 42.0. The van der Waals surface area contributed by atoms with Crippen LogP contribution in [0.5, 0.6) is 23.0 Å². The van der Waals surface area contributed by atoms with Crippen LogP contribution < -0.4 is 18.9 Å². The van der Waals surface area contributed by atoms with Gasteiger partial charge in [0.25, 0.3) is 17.8 Å². The van der Waals surface area contributed by atoms with E-state index in [1.54, 1.807) is 0 Å². The zero-order chi connectivity index (χ0) is 102. The van der Waals surface area contributed by atoms with Crippen LogP contribution in [-0.2, 0) is 25.7 Å². The topological polar surface area (TPSA) is 126 Å². The summed E-state index contributed by atoms with van der Waals surface area (Å²) in [5, 5.41) is 3.89. The van der Waals surface area contributed by atoms with Crippen LogP contribution in [0.1, 0.15) is 225 Å². The summed E-state index contributed by atoms with van der Waals surface area (Å²) in [6, 6.07) is 35.4. The average molecular weight is 2010 g/mol. The van der Waals surface area contributed by atoms with Crippen LogP contribution >= 0.6 is 0 Å². The number of piperidine rings is 1. The Labute approximate surface area is 833 Å². The van der Waals surface area contributed by atoms with Crippen LogP contribution in [0.3, 0.4) is 0 Å². The van der Waals surface area contributed by atoms with Gasteiger partial charge in [-0.15, -0.1) is 0 Å². The number of halogens is 15. The van der Waals surface area contributed by atoms with E-state index < -0.39 is 114 Å². The molecular weight excluding hydrogens is 1870 g/mol. The molecule has 8 atom stereocenters. The minimum absolute atomic E-state index is 0.0562. The van der Waals surface area contributed by atoms with Crippen LogP contribution in [0.25, 0.3) is 43.6 Å². The van der Waals surface area contributed by atoms with Gasteiger partial charge in [-0.1, -0.05) is 105 Å². The predicted octanol–water partition coefficient (Wildman–Crippen LogP) is 25.2. The number of likely N-dealkylation sites (tertiary alicyclic amines) is 4. The van der Waals surface area contributed by atoms with E-state index in [4.69, 9.17) is 18.9 Å². The van der Waals surface area contributed by atoms with Crippen molar-refractivity contribution in [1.29, 1.82) is 0 Å². The maximum Gasteiger partial charge on any atom is 0.257 e. The number of hydrogen-bond donors (Lipinski definition) is 4. The standard InChI is InChI=1S/C29H35F4N3O.2C28H33F4N3O.C28H34F3N3O/c1-19-15-22-21-9-5-6-10-25(21)34-27(22)28(36(19)18-29(2,32)33)26-23(30)16-20(17-24(26)31)37-14-13-35-11-7-3-4-8-12-35;1-18-14-21-20-8-4-5-9-24(20)33-26(21)27(35(18)17-28(2,31)32)25-22(29)15-19(16-23(25)30)36-13-12-34-10-6-3-7-11-34;1-4-18-14-34(15-18)9-10-36-19-12-22(29)25(23(30)13-19)27-26-21(20-7-5-6-8-24(20)33-26)11-17(2)35(27)16-28(3,31)32;1-18-14-21-20-8-4-5-9-24(20)32-26(21)27(34(18)17-28(2,3)31)25-22(29)15-19(16-23(25)30)35-13-12-33-10-6-7-11-33/h5-6,9-10,16-17,19,28,34H,3-4,7-8,11-15,18H2,1-2H3;4-5,8-9,15-16,18,27,33H,3,6-7,10-14,17H2,1-2H3;5-8,12-13,17-18,27,33H,4,9-11,14-16H2,1-3H3;4-5,8-9,15-16,18,27,32H,6-7,10-14,17H2,1-3H3/t19-,28-;18-,27-;17-,27-;18-,27-/m1111/s1. The maximum atomic E-state index is 15.7. The number of nitrogens with zero attached hydrogens (tertiary/aromatic N) is 8. The Morgan fingerprint density at radius 1 is 0.299 bits per heavy atom. The normalized spacial score (nSPS) is 21.6. The molecule has 4 aromatic heterocycles. The summed E-state index contributed by atoms with van der Waals surface area (Å²) >= 11 is 0. The largest absolute Gasteiger partial charge is 0.492 e. The zero-order valence-corrected chi connectivity index (χ0v) is 84.0. The molecule has 4 saturated heterocycles. The lowest BCUT2D eigenvalue weighted by atomic mass is 9.87. The molecule has 0 unspecified atom stereocenters. The molecule has 8 aromatic carbocycles. The van der Waals surface area contributed by atoms with Crippen molar-refractivity contribution in [3.63, 3.8) is 0 Å². The number of aromatic nitrogens is 4. The number of fused-ring (bicyclic) bond motifs is 12. The van der Waals surface area contributed by atoms with E-state index in [0.29, 0.717) is 94.7 Å². The number of aromatic amines is 4. The number of H-pyrrole nitrogens is 4. The third-order valence-electron chi connectivity index (χ3n) is 30.0. The second kappa shape index (κ2) is 44.8. The van der Waals surface area contributed by atoms with Gasteiger partial charge in [-0.05, 0) is 197 Å².